The van der Waals surface area contributed by atoms with Crippen molar-refractivity contribution < 1.29 is 12.8 Å². The van der Waals surface area contributed by atoms with Crippen molar-refractivity contribution in [1.82, 2.24) is 9.97 Å². The number of hydrogen-bond donors (Lipinski definition) is 2. The number of nitrogens with zero attached hydrogens (tertiary/aromatic N) is 2. The first-order chi connectivity index (χ1) is 14.4. The molecule has 4 aromatic rings. The molecule has 3 aromatic carbocycles. The highest BCUT2D eigenvalue weighted by Gasteiger charge is 2.19. The number of rotatable bonds is 6. The Morgan fingerprint density at radius 1 is 0.833 bits per heavy atom. The Balaban J connectivity index is 1.68. The van der Waals surface area contributed by atoms with E-state index in [0.717, 1.165) is 5.56 Å². The summed E-state index contributed by atoms with van der Waals surface area (Å²) >= 11 is 5.85. The highest BCUT2D eigenvalue weighted by molar-refractivity contribution is 7.92. The lowest BCUT2D eigenvalue weighted by atomic mass is 10.2. The average Bonchev–Trinajstić information content (AvgIpc) is 2.73. The number of anilines is 2. The van der Waals surface area contributed by atoms with Crippen molar-refractivity contribution in [3.8, 4) is 0 Å². The van der Waals surface area contributed by atoms with Crippen LogP contribution in [0.25, 0.3) is 11.0 Å². The fourth-order valence-corrected chi connectivity index (χ4v) is 3.92. The quantitative estimate of drug-likeness (QED) is 0.446. The molecule has 0 aliphatic rings. The molecule has 1 aromatic heterocycles. The maximum absolute atomic E-state index is 13.1. The van der Waals surface area contributed by atoms with Gasteiger partial charge in [0, 0.05) is 11.6 Å². The van der Waals surface area contributed by atoms with Gasteiger partial charge >= 0.3 is 0 Å². The summed E-state index contributed by atoms with van der Waals surface area (Å²) in [6, 6.07) is 18.9. The summed E-state index contributed by atoms with van der Waals surface area (Å²) < 4.78 is 41.3. The van der Waals surface area contributed by atoms with E-state index in [9.17, 15) is 12.8 Å². The van der Waals surface area contributed by atoms with Gasteiger partial charge in [0.1, 0.15) is 5.82 Å². The molecule has 0 saturated heterocycles. The molecule has 0 aliphatic heterocycles. The van der Waals surface area contributed by atoms with E-state index in [2.05, 4.69) is 20.0 Å². The van der Waals surface area contributed by atoms with Crippen molar-refractivity contribution in [3.63, 3.8) is 0 Å². The second-order valence-electron chi connectivity index (χ2n) is 6.45. The van der Waals surface area contributed by atoms with Crippen LogP contribution in [0, 0.1) is 5.82 Å². The Morgan fingerprint density at radius 2 is 1.43 bits per heavy atom. The summed E-state index contributed by atoms with van der Waals surface area (Å²) in [7, 11) is -3.91. The SMILES string of the molecule is O=S(=O)(Nc1nc2ccccc2nc1NCc1ccc(F)cc1)c1ccc(Cl)cc1. The van der Waals surface area contributed by atoms with E-state index >= 15 is 0 Å². The molecular weight excluding hydrogens is 427 g/mol. The highest BCUT2D eigenvalue weighted by Crippen LogP contribution is 2.25. The maximum atomic E-state index is 13.1. The summed E-state index contributed by atoms with van der Waals surface area (Å²) in [6.45, 7) is 0.309. The summed E-state index contributed by atoms with van der Waals surface area (Å²) in [6.07, 6.45) is 0. The summed E-state index contributed by atoms with van der Waals surface area (Å²) in [5.74, 6) is -0.0121. The molecule has 2 N–H and O–H groups in total. The van der Waals surface area contributed by atoms with Gasteiger partial charge in [0.15, 0.2) is 11.6 Å². The van der Waals surface area contributed by atoms with Gasteiger partial charge < -0.3 is 5.32 Å². The van der Waals surface area contributed by atoms with Crippen LogP contribution in [-0.2, 0) is 16.6 Å². The number of fused-ring (bicyclic) bond motifs is 1. The van der Waals surface area contributed by atoms with Gasteiger partial charge in [-0.2, -0.15) is 0 Å². The van der Waals surface area contributed by atoms with Crippen LogP contribution in [0.15, 0.2) is 77.7 Å². The van der Waals surface area contributed by atoms with Crippen LogP contribution in [0.4, 0.5) is 16.0 Å². The molecule has 0 aliphatic carbocycles. The van der Waals surface area contributed by atoms with Crippen molar-refractivity contribution in [3.05, 3.63) is 89.2 Å². The molecule has 1 heterocycles. The van der Waals surface area contributed by atoms with E-state index in [0.29, 0.717) is 22.6 Å². The van der Waals surface area contributed by atoms with Crippen LogP contribution < -0.4 is 10.0 Å². The molecule has 0 fully saturated rings. The molecule has 0 amide bonds. The number of para-hydroxylation sites is 2. The first-order valence-corrected chi connectivity index (χ1v) is 10.8. The summed E-state index contributed by atoms with van der Waals surface area (Å²) in [5, 5.41) is 3.51. The van der Waals surface area contributed by atoms with Gasteiger partial charge in [-0.3, -0.25) is 4.72 Å². The van der Waals surface area contributed by atoms with E-state index in [4.69, 9.17) is 11.6 Å². The first-order valence-electron chi connectivity index (χ1n) is 8.94. The summed E-state index contributed by atoms with van der Waals surface area (Å²) in [4.78, 5) is 8.98. The lowest BCUT2D eigenvalue weighted by Gasteiger charge is -2.14. The van der Waals surface area contributed by atoms with Crippen LogP contribution in [0.1, 0.15) is 5.56 Å². The van der Waals surface area contributed by atoms with Crippen LogP contribution in [0.5, 0.6) is 0 Å². The predicted molar refractivity (Wildman–Crippen MR) is 116 cm³/mol. The minimum Gasteiger partial charge on any atom is -0.363 e. The standard InChI is InChI=1S/C21H16ClFN4O2S/c22-15-7-11-17(12-8-15)30(28,29)27-21-20(24-13-14-5-9-16(23)10-6-14)25-18-3-1-2-4-19(18)26-21/h1-12H,13H2,(H,24,25)(H,26,27). The lowest BCUT2D eigenvalue weighted by Crippen LogP contribution is -2.16. The number of nitrogens with one attached hydrogen (secondary N) is 2. The third-order valence-corrected chi connectivity index (χ3v) is 5.91. The average molecular weight is 443 g/mol. The number of halogens is 2. The molecule has 6 nitrogen and oxygen atoms in total. The van der Waals surface area contributed by atoms with Crippen LogP contribution in [0.3, 0.4) is 0 Å². The van der Waals surface area contributed by atoms with E-state index in [1.165, 1.54) is 36.4 Å². The monoisotopic (exact) mass is 442 g/mol. The first kappa shape index (κ1) is 20.1. The number of benzene rings is 3. The third-order valence-electron chi connectivity index (χ3n) is 4.30. The Morgan fingerprint density at radius 3 is 2.07 bits per heavy atom. The van der Waals surface area contributed by atoms with E-state index in [-0.39, 0.29) is 22.3 Å². The van der Waals surface area contributed by atoms with Gasteiger partial charge in [-0.1, -0.05) is 35.9 Å². The molecule has 152 valence electrons. The van der Waals surface area contributed by atoms with Gasteiger partial charge in [-0.25, -0.2) is 22.8 Å². The highest BCUT2D eigenvalue weighted by atomic mass is 35.5. The lowest BCUT2D eigenvalue weighted by molar-refractivity contribution is 0.601. The van der Waals surface area contributed by atoms with Crippen molar-refractivity contribution in [1.29, 1.82) is 0 Å². The number of sulfonamides is 1. The van der Waals surface area contributed by atoms with Crippen LogP contribution in [-0.4, -0.2) is 18.4 Å². The number of hydrogen-bond acceptors (Lipinski definition) is 5. The molecule has 4 rings (SSSR count). The predicted octanol–water partition coefficient (Wildman–Crippen LogP) is 4.84. The van der Waals surface area contributed by atoms with Gasteiger partial charge in [-0.05, 0) is 54.1 Å². The Hall–Kier alpha value is -3.23. The van der Waals surface area contributed by atoms with Gasteiger partial charge in [0.05, 0.1) is 15.9 Å². The van der Waals surface area contributed by atoms with Crippen LogP contribution >= 0.6 is 11.6 Å². The number of aromatic nitrogens is 2. The van der Waals surface area contributed by atoms with Crippen molar-refractivity contribution >= 4 is 44.3 Å². The van der Waals surface area contributed by atoms with E-state index in [1.54, 1.807) is 30.3 Å². The Labute approximate surface area is 177 Å². The molecule has 0 spiro atoms. The molecule has 0 saturated carbocycles. The minimum absolute atomic E-state index is 0.0475. The topological polar surface area (TPSA) is 84.0 Å². The van der Waals surface area contributed by atoms with Crippen molar-refractivity contribution in [2.24, 2.45) is 0 Å². The zero-order chi connectivity index (χ0) is 21.1. The summed E-state index contributed by atoms with van der Waals surface area (Å²) in [5.41, 5.74) is 1.95. The molecule has 0 atom stereocenters. The third kappa shape index (κ3) is 4.50. The van der Waals surface area contributed by atoms with Gasteiger partial charge in [-0.15, -0.1) is 0 Å². The zero-order valence-electron chi connectivity index (χ0n) is 15.5. The molecule has 30 heavy (non-hydrogen) atoms. The maximum Gasteiger partial charge on any atom is 0.263 e. The Kier molecular flexibility index (Phi) is 5.52. The molecule has 0 unspecified atom stereocenters. The van der Waals surface area contributed by atoms with Gasteiger partial charge in [0.2, 0.25) is 0 Å². The molecule has 9 heteroatoms. The van der Waals surface area contributed by atoms with E-state index < -0.39 is 10.0 Å². The zero-order valence-corrected chi connectivity index (χ0v) is 17.1. The molecule has 0 bridgehead atoms. The second-order valence-corrected chi connectivity index (χ2v) is 8.57. The largest absolute Gasteiger partial charge is 0.363 e. The van der Waals surface area contributed by atoms with Crippen molar-refractivity contribution in [2.75, 3.05) is 10.0 Å². The fraction of sp³-hybridized carbons (Fsp3) is 0.0476. The van der Waals surface area contributed by atoms with Crippen molar-refractivity contribution in [2.45, 2.75) is 11.4 Å². The second kappa shape index (κ2) is 8.25. The normalized spacial score (nSPS) is 11.4. The van der Waals surface area contributed by atoms with Gasteiger partial charge in [0.25, 0.3) is 10.0 Å². The smallest absolute Gasteiger partial charge is 0.263 e. The Bertz CT molecular complexity index is 1300. The molecule has 0 radical (unpaired) electrons. The van der Waals surface area contributed by atoms with Crippen LogP contribution in [0.2, 0.25) is 5.02 Å². The van der Waals surface area contributed by atoms with E-state index in [1.807, 2.05) is 6.07 Å². The minimum atomic E-state index is -3.91. The fourth-order valence-electron chi connectivity index (χ4n) is 2.78. The molecular formula is C21H16ClFN4O2S.